The standard InChI is InChI=1S/C22H18ClNO3S/c1-28(25,26)24-17-8-4-6-15(12-17)13-20-18-9-3-2-7-16(18)14-27-22-19(20)10-5-11-21(22)23/h2-13,24H,14H2,1H3/b20-13-. The number of nitrogens with one attached hydrogen (secondary N) is 1. The van der Waals surface area contributed by atoms with Crippen molar-refractivity contribution in [2.75, 3.05) is 11.0 Å². The Bertz CT molecular complexity index is 1190. The molecule has 142 valence electrons. The molecule has 3 aromatic carbocycles. The number of sulfonamides is 1. The van der Waals surface area contributed by atoms with Gasteiger partial charge in [-0.25, -0.2) is 8.42 Å². The fraction of sp³-hybridized carbons (Fsp3) is 0.0909. The van der Waals surface area contributed by atoms with Crippen molar-refractivity contribution in [2.24, 2.45) is 0 Å². The Morgan fingerprint density at radius 3 is 2.57 bits per heavy atom. The third kappa shape index (κ3) is 3.91. The summed E-state index contributed by atoms with van der Waals surface area (Å²) in [6.45, 7) is 0.430. The zero-order chi connectivity index (χ0) is 19.7. The summed E-state index contributed by atoms with van der Waals surface area (Å²) in [7, 11) is -3.34. The van der Waals surface area contributed by atoms with E-state index in [9.17, 15) is 8.42 Å². The third-order valence-corrected chi connectivity index (χ3v) is 5.34. The summed E-state index contributed by atoms with van der Waals surface area (Å²) in [6, 6.07) is 21.0. The smallest absolute Gasteiger partial charge is 0.229 e. The minimum Gasteiger partial charge on any atom is -0.487 e. The average molecular weight is 412 g/mol. The lowest BCUT2D eigenvalue weighted by Crippen LogP contribution is -2.09. The molecule has 1 aliphatic rings. The summed E-state index contributed by atoms with van der Waals surface area (Å²) < 4.78 is 31.6. The van der Waals surface area contributed by atoms with Gasteiger partial charge in [0.1, 0.15) is 12.4 Å². The maximum absolute atomic E-state index is 11.6. The SMILES string of the molecule is CS(=O)(=O)Nc1cccc(/C=C2/c3ccccc3COc3c(Cl)cccc32)c1. The third-order valence-electron chi connectivity index (χ3n) is 4.44. The van der Waals surface area contributed by atoms with E-state index >= 15 is 0 Å². The van der Waals surface area contributed by atoms with Crippen molar-refractivity contribution in [3.05, 3.63) is 94.0 Å². The molecule has 28 heavy (non-hydrogen) atoms. The second kappa shape index (κ2) is 7.34. The van der Waals surface area contributed by atoms with Crippen LogP contribution in [0.25, 0.3) is 11.6 Å². The van der Waals surface area contributed by atoms with Gasteiger partial charge in [0.25, 0.3) is 0 Å². The number of hydrogen-bond donors (Lipinski definition) is 1. The Labute approximate surface area is 169 Å². The largest absolute Gasteiger partial charge is 0.487 e. The molecule has 0 radical (unpaired) electrons. The number of fused-ring (bicyclic) bond motifs is 2. The minimum absolute atomic E-state index is 0.430. The van der Waals surface area contributed by atoms with Crippen LogP contribution in [0.4, 0.5) is 5.69 Å². The molecule has 1 aliphatic heterocycles. The Kier molecular flexibility index (Phi) is 4.87. The van der Waals surface area contributed by atoms with Gasteiger partial charge in [0.05, 0.1) is 11.3 Å². The highest BCUT2D eigenvalue weighted by atomic mass is 35.5. The van der Waals surface area contributed by atoms with E-state index in [0.717, 1.165) is 34.1 Å². The van der Waals surface area contributed by atoms with Gasteiger partial charge in [-0.2, -0.15) is 0 Å². The zero-order valence-corrected chi connectivity index (χ0v) is 16.7. The maximum Gasteiger partial charge on any atom is 0.229 e. The van der Waals surface area contributed by atoms with Crippen LogP contribution in [0.3, 0.4) is 0 Å². The van der Waals surface area contributed by atoms with Crippen LogP contribution in [0.1, 0.15) is 22.3 Å². The van der Waals surface area contributed by atoms with Crippen LogP contribution in [-0.4, -0.2) is 14.7 Å². The lowest BCUT2D eigenvalue weighted by atomic mass is 9.92. The van der Waals surface area contributed by atoms with Gasteiger partial charge in [-0.1, -0.05) is 60.1 Å². The molecule has 0 aromatic heterocycles. The second-order valence-electron chi connectivity index (χ2n) is 6.62. The van der Waals surface area contributed by atoms with Gasteiger partial charge in [0.15, 0.2) is 0 Å². The molecule has 0 bridgehead atoms. The lowest BCUT2D eigenvalue weighted by Gasteiger charge is -2.12. The van der Waals surface area contributed by atoms with Gasteiger partial charge in [-0.05, 0) is 46.5 Å². The number of benzene rings is 3. The molecule has 0 amide bonds. The molecule has 0 atom stereocenters. The molecule has 0 spiro atoms. The van der Waals surface area contributed by atoms with Crippen molar-refractivity contribution in [1.82, 2.24) is 0 Å². The van der Waals surface area contributed by atoms with Crippen LogP contribution < -0.4 is 9.46 Å². The Morgan fingerprint density at radius 2 is 1.75 bits per heavy atom. The van der Waals surface area contributed by atoms with Gasteiger partial charge in [-0.15, -0.1) is 0 Å². The second-order valence-corrected chi connectivity index (χ2v) is 8.78. The predicted molar refractivity (Wildman–Crippen MR) is 114 cm³/mol. The normalized spacial score (nSPS) is 14.6. The van der Waals surface area contributed by atoms with Crippen molar-refractivity contribution in [2.45, 2.75) is 6.61 Å². The highest BCUT2D eigenvalue weighted by molar-refractivity contribution is 7.92. The van der Waals surface area contributed by atoms with E-state index in [1.807, 2.05) is 54.6 Å². The molecule has 6 heteroatoms. The summed E-state index contributed by atoms with van der Waals surface area (Å²) in [5.74, 6) is 0.650. The first kappa shape index (κ1) is 18.6. The molecule has 0 fully saturated rings. The van der Waals surface area contributed by atoms with E-state index in [-0.39, 0.29) is 0 Å². The number of para-hydroxylation sites is 1. The number of ether oxygens (including phenoxy) is 1. The summed E-state index contributed by atoms with van der Waals surface area (Å²) >= 11 is 6.39. The van der Waals surface area contributed by atoms with Crippen molar-refractivity contribution in [1.29, 1.82) is 0 Å². The fourth-order valence-corrected chi connectivity index (χ4v) is 4.08. The number of halogens is 1. The van der Waals surface area contributed by atoms with Crippen LogP contribution in [0.2, 0.25) is 5.02 Å². The Balaban J connectivity index is 1.89. The zero-order valence-electron chi connectivity index (χ0n) is 15.1. The highest BCUT2D eigenvalue weighted by Crippen LogP contribution is 2.41. The summed E-state index contributed by atoms with van der Waals surface area (Å²) in [6.07, 6.45) is 3.16. The summed E-state index contributed by atoms with van der Waals surface area (Å²) in [5.41, 5.74) is 5.38. The van der Waals surface area contributed by atoms with Gasteiger partial charge < -0.3 is 4.74 Å². The maximum atomic E-state index is 11.6. The number of hydrogen-bond acceptors (Lipinski definition) is 3. The quantitative estimate of drug-likeness (QED) is 0.645. The molecule has 0 saturated carbocycles. The highest BCUT2D eigenvalue weighted by Gasteiger charge is 2.20. The molecule has 4 rings (SSSR count). The van der Waals surface area contributed by atoms with E-state index in [4.69, 9.17) is 16.3 Å². The van der Waals surface area contributed by atoms with E-state index in [1.54, 1.807) is 12.1 Å². The van der Waals surface area contributed by atoms with Crippen molar-refractivity contribution >= 4 is 39.0 Å². The molecule has 4 nitrogen and oxygen atoms in total. The van der Waals surface area contributed by atoms with Gasteiger partial charge in [0, 0.05) is 11.3 Å². The number of rotatable bonds is 3. The van der Waals surface area contributed by atoms with Crippen molar-refractivity contribution < 1.29 is 13.2 Å². The molecule has 0 aliphatic carbocycles. The molecule has 1 heterocycles. The van der Waals surface area contributed by atoms with E-state index in [2.05, 4.69) is 10.8 Å². The van der Waals surface area contributed by atoms with E-state index in [0.29, 0.717) is 23.1 Å². The minimum atomic E-state index is -3.34. The Morgan fingerprint density at radius 1 is 1.00 bits per heavy atom. The summed E-state index contributed by atoms with van der Waals surface area (Å²) in [4.78, 5) is 0. The van der Waals surface area contributed by atoms with Crippen LogP contribution in [0, 0.1) is 0 Å². The van der Waals surface area contributed by atoms with Gasteiger partial charge in [0.2, 0.25) is 10.0 Å². The Hall–Kier alpha value is -2.76. The first-order valence-corrected chi connectivity index (χ1v) is 11.0. The van der Waals surface area contributed by atoms with Gasteiger partial charge in [-0.3, -0.25) is 4.72 Å². The monoisotopic (exact) mass is 411 g/mol. The lowest BCUT2D eigenvalue weighted by molar-refractivity contribution is 0.307. The summed E-state index contributed by atoms with van der Waals surface area (Å²) in [5, 5.41) is 0.559. The first-order chi connectivity index (χ1) is 13.4. The number of anilines is 1. The van der Waals surface area contributed by atoms with Crippen LogP contribution in [0.5, 0.6) is 5.75 Å². The molecule has 0 unspecified atom stereocenters. The van der Waals surface area contributed by atoms with Crippen LogP contribution >= 0.6 is 11.6 Å². The molecular weight excluding hydrogens is 394 g/mol. The molecule has 0 saturated heterocycles. The average Bonchev–Trinajstić information content (AvgIpc) is 2.79. The van der Waals surface area contributed by atoms with Crippen LogP contribution in [0.15, 0.2) is 66.7 Å². The van der Waals surface area contributed by atoms with Crippen molar-refractivity contribution in [3.63, 3.8) is 0 Å². The van der Waals surface area contributed by atoms with Gasteiger partial charge >= 0.3 is 0 Å². The predicted octanol–water partition coefficient (Wildman–Crippen LogP) is 5.19. The first-order valence-electron chi connectivity index (χ1n) is 8.70. The molecule has 3 aromatic rings. The van der Waals surface area contributed by atoms with Crippen molar-refractivity contribution in [3.8, 4) is 5.75 Å². The van der Waals surface area contributed by atoms with E-state index < -0.39 is 10.0 Å². The topological polar surface area (TPSA) is 55.4 Å². The molecular formula is C22H18ClNO3S. The van der Waals surface area contributed by atoms with E-state index in [1.165, 1.54) is 0 Å². The fourth-order valence-electron chi connectivity index (χ4n) is 3.30. The van der Waals surface area contributed by atoms with Crippen LogP contribution in [-0.2, 0) is 16.6 Å². The molecule has 1 N–H and O–H groups in total.